The van der Waals surface area contributed by atoms with E-state index >= 15 is 0 Å². The third-order valence-electron chi connectivity index (χ3n) is 4.97. The van der Waals surface area contributed by atoms with Crippen molar-refractivity contribution in [1.29, 1.82) is 0 Å². The minimum atomic E-state index is 0.323. The van der Waals surface area contributed by atoms with Gasteiger partial charge in [0.25, 0.3) is 0 Å². The number of thiophene rings is 1. The molecule has 8 heteroatoms. The van der Waals surface area contributed by atoms with Gasteiger partial charge in [0.2, 0.25) is 0 Å². The number of benzene rings is 1. The summed E-state index contributed by atoms with van der Waals surface area (Å²) in [6, 6.07) is 12.3. The van der Waals surface area contributed by atoms with E-state index in [4.69, 9.17) is 14.2 Å². The van der Waals surface area contributed by atoms with E-state index < -0.39 is 0 Å². The normalized spacial score (nSPS) is 16.1. The van der Waals surface area contributed by atoms with Crippen molar-refractivity contribution in [1.82, 2.24) is 15.5 Å². The second-order valence-electron chi connectivity index (χ2n) is 6.94. The lowest BCUT2D eigenvalue weighted by Crippen LogP contribution is -2.46. The molecule has 2 aromatic rings. The number of rotatable bonds is 10. The Kier molecular flexibility index (Phi) is 9.27. The van der Waals surface area contributed by atoms with E-state index in [1.807, 2.05) is 24.3 Å². The van der Waals surface area contributed by atoms with E-state index in [2.05, 4.69) is 38.0 Å². The number of hydrogen-bond donors (Lipinski definition) is 2. The van der Waals surface area contributed by atoms with E-state index in [0.29, 0.717) is 12.6 Å². The van der Waals surface area contributed by atoms with Gasteiger partial charge in [0.05, 0.1) is 33.0 Å². The summed E-state index contributed by atoms with van der Waals surface area (Å²) in [4.78, 5) is 8.21. The highest BCUT2D eigenvalue weighted by Gasteiger charge is 2.23. The number of methoxy groups -OCH3 is 1. The molecule has 1 fully saturated rings. The zero-order valence-electron chi connectivity index (χ0n) is 17.8. The maximum absolute atomic E-state index is 5.79. The Morgan fingerprint density at radius 1 is 1.20 bits per heavy atom. The summed E-state index contributed by atoms with van der Waals surface area (Å²) in [7, 11) is 3.46. The first-order chi connectivity index (χ1) is 14.8. The van der Waals surface area contributed by atoms with Gasteiger partial charge in [-0.15, -0.1) is 11.3 Å². The molecule has 0 saturated carbocycles. The van der Waals surface area contributed by atoms with Crippen LogP contribution in [0.5, 0.6) is 11.5 Å². The lowest BCUT2D eigenvalue weighted by atomic mass is 10.2. The van der Waals surface area contributed by atoms with Crippen LogP contribution in [0.2, 0.25) is 0 Å². The van der Waals surface area contributed by atoms with Gasteiger partial charge < -0.3 is 24.8 Å². The Morgan fingerprint density at radius 3 is 2.77 bits per heavy atom. The summed E-state index contributed by atoms with van der Waals surface area (Å²) in [6.07, 6.45) is 0.871. The fourth-order valence-electron chi connectivity index (χ4n) is 3.35. The van der Waals surface area contributed by atoms with Crippen molar-refractivity contribution in [3.8, 4) is 11.5 Å². The molecule has 1 aliphatic rings. The van der Waals surface area contributed by atoms with Crippen molar-refractivity contribution in [2.75, 3.05) is 60.2 Å². The van der Waals surface area contributed by atoms with Crippen molar-refractivity contribution in [2.45, 2.75) is 12.5 Å². The first-order valence-corrected chi connectivity index (χ1v) is 11.2. The fraction of sp³-hybridized carbons (Fsp3) is 0.500. The van der Waals surface area contributed by atoms with Crippen LogP contribution in [0.4, 0.5) is 0 Å². The largest absolute Gasteiger partial charge is 0.497 e. The highest BCUT2D eigenvalue weighted by Crippen LogP contribution is 2.25. The lowest BCUT2D eigenvalue weighted by Gasteiger charge is -2.34. The second kappa shape index (κ2) is 12.4. The minimum Gasteiger partial charge on any atom is -0.497 e. The highest BCUT2D eigenvalue weighted by molar-refractivity contribution is 7.10. The van der Waals surface area contributed by atoms with E-state index in [0.717, 1.165) is 63.3 Å². The Bertz CT molecular complexity index is 764. The molecule has 0 spiro atoms. The van der Waals surface area contributed by atoms with E-state index in [-0.39, 0.29) is 0 Å². The molecule has 2 heterocycles. The maximum atomic E-state index is 5.79. The quantitative estimate of drug-likeness (QED) is 0.342. The van der Waals surface area contributed by atoms with E-state index in [1.165, 1.54) is 4.88 Å². The zero-order chi connectivity index (χ0) is 21.0. The lowest BCUT2D eigenvalue weighted by molar-refractivity contribution is 0.0177. The highest BCUT2D eigenvalue weighted by atomic mass is 32.1. The molecule has 1 saturated heterocycles. The molecule has 1 unspecified atom stereocenters. The Morgan fingerprint density at radius 2 is 2.03 bits per heavy atom. The summed E-state index contributed by atoms with van der Waals surface area (Å²) in [5, 5.41) is 9.00. The van der Waals surface area contributed by atoms with Crippen molar-refractivity contribution in [2.24, 2.45) is 4.99 Å². The number of nitrogens with one attached hydrogen (secondary N) is 2. The van der Waals surface area contributed by atoms with Gasteiger partial charge in [0.1, 0.15) is 11.5 Å². The average molecular weight is 433 g/mol. The molecule has 1 aliphatic heterocycles. The smallest absolute Gasteiger partial charge is 0.191 e. The number of nitrogens with zero attached hydrogens (tertiary/aromatic N) is 2. The van der Waals surface area contributed by atoms with Gasteiger partial charge in [-0.2, -0.15) is 0 Å². The summed E-state index contributed by atoms with van der Waals surface area (Å²) in [5.41, 5.74) is 0. The van der Waals surface area contributed by atoms with Crippen molar-refractivity contribution in [3.05, 3.63) is 46.7 Å². The van der Waals surface area contributed by atoms with Crippen LogP contribution in [-0.2, 0) is 4.74 Å². The number of hydrogen-bond acceptors (Lipinski definition) is 6. The molecule has 0 aliphatic carbocycles. The number of guanidine groups is 1. The van der Waals surface area contributed by atoms with Gasteiger partial charge in [-0.3, -0.25) is 9.89 Å². The summed E-state index contributed by atoms with van der Waals surface area (Å²) in [6.45, 7) is 5.72. The number of aliphatic imine (C=N–C) groups is 1. The van der Waals surface area contributed by atoms with Crippen LogP contribution in [0.15, 0.2) is 46.8 Å². The predicted octanol–water partition coefficient (Wildman–Crippen LogP) is 2.76. The molecule has 0 amide bonds. The first-order valence-electron chi connectivity index (χ1n) is 10.4. The average Bonchev–Trinajstić information content (AvgIpc) is 3.33. The Labute approximate surface area is 183 Å². The van der Waals surface area contributed by atoms with Crippen LogP contribution in [0, 0.1) is 0 Å². The van der Waals surface area contributed by atoms with E-state index in [1.54, 1.807) is 25.5 Å². The molecule has 3 rings (SSSR count). The molecule has 1 atom stereocenters. The molecule has 0 radical (unpaired) electrons. The molecular weight excluding hydrogens is 400 g/mol. The van der Waals surface area contributed by atoms with Crippen LogP contribution in [0.25, 0.3) is 0 Å². The first kappa shape index (κ1) is 22.4. The molecule has 164 valence electrons. The molecular formula is C22H32N4O3S. The second-order valence-corrected chi connectivity index (χ2v) is 7.92. The predicted molar refractivity (Wildman–Crippen MR) is 122 cm³/mol. The van der Waals surface area contributed by atoms with Crippen LogP contribution in [0.3, 0.4) is 0 Å². The Hall–Kier alpha value is -2.29. The van der Waals surface area contributed by atoms with Crippen molar-refractivity contribution >= 4 is 17.3 Å². The van der Waals surface area contributed by atoms with Crippen LogP contribution < -0.4 is 20.1 Å². The van der Waals surface area contributed by atoms with Crippen LogP contribution in [-0.4, -0.2) is 71.0 Å². The molecule has 7 nitrogen and oxygen atoms in total. The monoisotopic (exact) mass is 432 g/mol. The van der Waals surface area contributed by atoms with Gasteiger partial charge in [0.15, 0.2) is 5.96 Å². The SMILES string of the molecule is CN=C(NCCCOc1cccc(OC)c1)NCC(c1cccs1)N1CCOCC1. The summed E-state index contributed by atoms with van der Waals surface area (Å²) < 4.78 is 16.5. The van der Waals surface area contributed by atoms with Crippen LogP contribution >= 0.6 is 11.3 Å². The van der Waals surface area contributed by atoms with E-state index in [9.17, 15) is 0 Å². The van der Waals surface area contributed by atoms with Crippen molar-refractivity contribution < 1.29 is 14.2 Å². The molecule has 1 aromatic carbocycles. The molecule has 2 N–H and O–H groups in total. The molecule has 1 aromatic heterocycles. The van der Waals surface area contributed by atoms with Gasteiger partial charge in [0, 0.05) is 44.2 Å². The molecule has 0 bridgehead atoms. The topological polar surface area (TPSA) is 67.4 Å². The van der Waals surface area contributed by atoms with Crippen molar-refractivity contribution in [3.63, 3.8) is 0 Å². The number of ether oxygens (including phenoxy) is 3. The van der Waals surface area contributed by atoms with Gasteiger partial charge in [-0.25, -0.2) is 0 Å². The maximum Gasteiger partial charge on any atom is 0.191 e. The van der Waals surface area contributed by atoms with Gasteiger partial charge >= 0.3 is 0 Å². The third kappa shape index (κ3) is 6.90. The fourth-order valence-corrected chi connectivity index (χ4v) is 4.21. The van der Waals surface area contributed by atoms with Gasteiger partial charge in [-0.1, -0.05) is 12.1 Å². The zero-order valence-corrected chi connectivity index (χ0v) is 18.6. The van der Waals surface area contributed by atoms with Crippen LogP contribution in [0.1, 0.15) is 17.3 Å². The summed E-state index contributed by atoms with van der Waals surface area (Å²) >= 11 is 1.80. The Balaban J connectivity index is 1.40. The third-order valence-corrected chi connectivity index (χ3v) is 5.94. The summed E-state index contributed by atoms with van der Waals surface area (Å²) in [5.74, 6) is 2.43. The number of morpholine rings is 1. The molecule has 30 heavy (non-hydrogen) atoms. The van der Waals surface area contributed by atoms with Gasteiger partial charge in [-0.05, 0) is 30.0 Å². The standard InChI is InChI=1S/C22H32N4O3S/c1-23-22(24-9-5-12-29-19-7-3-6-18(16-19)27-2)25-17-20(21-8-4-15-30-21)26-10-13-28-14-11-26/h3-4,6-8,15-16,20H,5,9-14,17H2,1-2H3,(H2,23,24,25). The minimum absolute atomic E-state index is 0.323.